The molecule has 0 aliphatic rings. The quantitative estimate of drug-likeness (QED) is 0.780. The van der Waals surface area contributed by atoms with Crippen LogP contribution < -0.4 is 0 Å². The fraction of sp³-hybridized carbons (Fsp3) is 0.333. The molecule has 4 nitrogen and oxygen atoms in total. The van der Waals surface area contributed by atoms with E-state index in [2.05, 4.69) is 51.9 Å². The first-order valence-electron chi connectivity index (χ1n) is 6.61. The lowest BCUT2D eigenvalue weighted by Gasteiger charge is -1.97. The van der Waals surface area contributed by atoms with Gasteiger partial charge in [-0.05, 0) is 12.0 Å². The average Bonchev–Trinajstić information content (AvgIpc) is 2.95. The number of aromatic nitrogens is 4. The Hall–Kier alpha value is -2.10. The Labute approximate surface area is 112 Å². The fourth-order valence-corrected chi connectivity index (χ4v) is 2.41. The molecule has 1 aromatic carbocycles. The van der Waals surface area contributed by atoms with Crippen molar-refractivity contribution in [2.75, 3.05) is 0 Å². The van der Waals surface area contributed by atoms with Crippen LogP contribution in [-0.4, -0.2) is 19.7 Å². The van der Waals surface area contributed by atoms with Gasteiger partial charge in [0.1, 0.15) is 5.82 Å². The molecule has 0 saturated carbocycles. The molecule has 0 spiro atoms. The predicted octanol–water partition coefficient (Wildman–Crippen LogP) is 3.16. The van der Waals surface area contributed by atoms with Gasteiger partial charge in [-0.15, -0.1) is 0 Å². The van der Waals surface area contributed by atoms with Crippen LogP contribution in [-0.2, 0) is 13.5 Å². The van der Waals surface area contributed by atoms with Crippen LogP contribution >= 0.6 is 0 Å². The van der Waals surface area contributed by atoms with E-state index >= 15 is 0 Å². The number of rotatable bonds is 3. The summed E-state index contributed by atoms with van der Waals surface area (Å²) in [5.41, 5.74) is 2.29. The van der Waals surface area contributed by atoms with Crippen LogP contribution in [0.5, 0.6) is 0 Å². The first-order chi connectivity index (χ1) is 9.15. The highest BCUT2D eigenvalue weighted by atomic mass is 15.2. The third kappa shape index (κ3) is 2.14. The Kier molecular flexibility index (Phi) is 2.85. The van der Waals surface area contributed by atoms with Gasteiger partial charge in [-0.3, -0.25) is 5.10 Å². The number of aryl methyl sites for hydroxylation is 1. The maximum absolute atomic E-state index is 4.60. The lowest BCUT2D eigenvalue weighted by atomic mass is 10.1. The van der Waals surface area contributed by atoms with E-state index in [1.807, 2.05) is 19.2 Å². The van der Waals surface area contributed by atoms with Crippen molar-refractivity contribution in [3.05, 3.63) is 36.3 Å². The zero-order valence-electron chi connectivity index (χ0n) is 11.5. The summed E-state index contributed by atoms with van der Waals surface area (Å²) in [5, 5.41) is 8.59. The van der Waals surface area contributed by atoms with Crippen LogP contribution in [0.4, 0.5) is 0 Å². The number of para-hydroxylation sites is 1. The molecule has 0 amide bonds. The van der Waals surface area contributed by atoms with Gasteiger partial charge in [0.25, 0.3) is 0 Å². The summed E-state index contributed by atoms with van der Waals surface area (Å²) in [6.45, 7) is 4.36. The number of fused-ring (bicyclic) bond motifs is 1. The summed E-state index contributed by atoms with van der Waals surface area (Å²) in [7, 11) is 2.05. The monoisotopic (exact) mass is 254 g/mol. The molecule has 0 fully saturated rings. The van der Waals surface area contributed by atoms with E-state index in [1.54, 1.807) is 0 Å². The average molecular weight is 254 g/mol. The van der Waals surface area contributed by atoms with Crippen molar-refractivity contribution < 1.29 is 0 Å². The molecule has 0 saturated heterocycles. The Morgan fingerprint density at radius 3 is 2.84 bits per heavy atom. The number of hydrogen-bond acceptors (Lipinski definition) is 2. The van der Waals surface area contributed by atoms with Gasteiger partial charge in [-0.25, -0.2) is 4.98 Å². The van der Waals surface area contributed by atoms with Gasteiger partial charge >= 0.3 is 0 Å². The van der Waals surface area contributed by atoms with Crippen molar-refractivity contribution in [2.45, 2.75) is 20.3 Å². The maximum atomic E-state index is 4.60. The van der Waals surface area contributed by atoms with E-state index in [4.69, 9.17) is 0 Å². The summed E-state index contributed by atoms with van der Waals surface area (Å²) >= 11 is 0. The summed E-state index contributed by atoms with van der Waals surface area (Å²) in [6.07, 6.45) is 3.02. The molecule has 0 aliphatic heterocycles. The molecule has 0 aliphatic carbocycles. The Balaban J connectivity index is 2.07. The molecule has 4 heteroatoms. The van der Waals surface area contributed by atoms with Gasteiger partial charge in [0.15, 0.2) is 5.82 Å². The maximum Gasteiger partial charge on any atom is 0.183 e. The number of hydrogen-bond donors (Lipinski definition) is 1. The van der Waals surface area contributed by atoms with Crippen molar-refractivity contribution in [3.8, 4) is 11.4 Å². The second-order valence-electron chi connectivity index (χ2n) is 5.37. The third-order valence-electron chi connectivity index (χ3n) is 3.27. The summed E-state index contributed by atoms with van der Waals surface area (Å²) < 4.78 is 2.11. The Morgan fingerprint density at radius 2 is 2.05 bits per heavy atom. The zero-order chi connectivity index (χ0) is 13.4. The second-order valence-corrected chi connectivity index (χ2v) is 5.37. The van der Waals surface area contributed by atoms with E-state index in [0.717, 1.165) is 23.6 Å². The molecule has 98 valence electrons. The zero-order valence-corrected chi connectivity index (χ0v) is 11.5. The minimum absolute atomic E-state index is 0.577. The largest absolute Gasteiger partial charge is 0.350 e. The highest BCUT2D eigenvalue weighted by Crippen LogP contribution is 2.27. The van der Waals surface area contributed by atoms with Crippen LogP contribution in [0.1, 0.15) is 19.7 Å². The van der Waals surface area contributed by atoms with Crippen LogP contribution in [0.15, 0.2) is 30.5 Å². The lowest BCUT2D eigenvalue weighted by Crippen LogP contribution is -1.95. The van der Waals surface area contributed by atoms with Gasteiger partial charge in [-0.2, -0.15) is 5.10 Å². The molecule has 0 bridgehead atoms. The third-order valence-corrected chi connectivity index (χ3v) is 3.27. The predicted molar refractivity (Wildman–Crippen MR) is 76.8 cm³/mol. The van der Waals surface area contributed by atoms with E-state index in [-0.39, 0.29) is 0 Å². The van der Waals surface area contributed by atoms with Crippen LogP contribution in [0.3, 0.4) is 0 Å². The number of H-pyrrole nitrogens is 1. The summed E-state index contributed by atoms with van der Waals surface area (Å²) in [4.78, 5) is 4.60. The molecule has 2 heterocycles. The first-order valence-corrected chi connectivity index (χ1v) is 6.61. The van der Waals surface area contributed by atoms with E-state index in [9.17, 15) is 0 Å². The lowest BCUT2D eigenvalue weighted by molar-refractivity contribution is 0.622. The molecule has 0 atom stereocenters. The van der Waals surface area contributed by atoms with E-state index in [1.165, 1.54) is 10.9 Å². The molecule has 0 radical (unpaired) electrons. The van der Waals surface area contributed by atoms with Crippen LogP contribution in [0, 0.1) is 5.92 Å². The van der Waals surface area contributed by atoms with E-state index in [0.29, 0.717) is 5.92 Å². The molecule has 3 aromatic rings. The summed E-state index contributed by atoms with van der Waals surface area (Å²) in [5.74, 6) is 2.32. The van der Waals surface area contributed by atoms with Gasteiger partial charge in [0, 0.05) is 36.1 Å². The molecule has 19 heavy (non-hydrogen) atoms. The van der Waals surface area contributed by atoms with Gasteiger partial charge in [-0.1, -0.05) is 32.0 Å². The normalized spacial score (nSPS) is 11.6. The molecule has 1 N–H and O–H groups in total. The van der Waals surface area contributed by atoms with E-state index < -0.39 is 0 Å². The van der Waals surface area contributed by atoms with Crippen molar-refractivity contribution >= 4 is 10.9 Å². The van der Waals surface area contributed by atoms with Crippen LogP contribution in [0.25, 0.3) is 22.3 Å². The van der Waals surface area contributed by atoms with Crippen molar-refractivity contribution in [3.63, 3.8) is 0 Å². The topological polar surface area (TPSA) is 46.5 Å². The van der Waals surface area contributed by atoms with Gasteiger partial charge in [0.05, 0.1) is 0 Å². The van der Waals surface area contributed by atoms with Gasteiger partial charge in [0.2, 0.25) is 0 Å². The Bertz CT molecular complexity index is 706. The molecule has 2 aromatic heterocycles. The van der Waals surface area contributed by atoms with Crippen molar-refractivity contribution in [1.29, 1.82) is 0 Å². The SMILES string of the molecule is CC(C)Cc1nc(-c2cn(C)c3ccccc23)n[nH]1. The smallest absolute Gasteiger partial charge is 0.183 e. The van der Waals surface area contributed by atoms with Crippen molar-refractivity contribution in [2.24, 2.45) is 13.0 Å². The molecular formula is C15H18N4. The minimum atomic E-state index is 0.577. The number of nitrogens with zero attached hydrogens (tertiary/aromatic N) is 3. The molecule has 3 rings (SSSR count). The second kappa shape index (κ2) is 4.53. The highest BCUT2D eigenvalue weighted by molar-refractivity contribution is 5.94. The molecule has 0 unspecified atom stereocenters. The fourth-order valence-electron chi connectivity index (χ4n) is 2.41. The molecular weight excluding hydrogens is 236 g/mol. The highest BCUT2D eigenvalue weighted by Gasteiger charge is 2.13. The van der Waals surface area contributed by atoms with Gasteiger partial charge < -0.3 is 4.57 Å². The van der Waals surface area contributed by atoms with Crippen molar-refractivity contribution in [1.82, 2.24) is 19.7 Å². The first kappa shape index (κ1) is 12.0. The number of nitrogens with one attached hydrogen (secondary N) is 1. The van der Waals surface area contributed by atoms with Crippen LogP contribution in [0.2, 0.25) is 0 Å². The Morgan fingerprint density at radius 1 is 1.26 bits per heavy atom. The number of aromatic amines is 1. The summed E-state index contributed by atoms with van der Waals surface area (Å²) in [6, 6.07) is 8.32. The minimum Gasteiger partial charge on any atom is -0.350 e. The standard InChI is InChI=1S/C15H18N4/c1-10(2)8-14-16-15(18-17-14)12-9-19(3)13-7-5-4-6-11(12)13/h4-7,9-10H,8H2,1-3H3,(H,16,17,18). The number of benzene rings is 1.